The molecule has 0 bridgehead atoms. The normalized spacial score (nSPS) is 12.9. The maximum atomic E-state index is 14.1. The number of aromatic nitrogens is 3. The molecule has 1 atom stereocenters. The predicted octanol–water partition coefficient (Wildman–Crippen LogP) is 7.91. The van der Waals surface area contributed by atoms with Gasteiger partial charge in [0.25, 0.3) is 0 Å². The van der Waals surface area contributed by atoms with Crippen molar-refractivity contribution in [1.29, 1.82) is 0 Å². The zero-order chi connectivity index (χ0) is 25.9. The van der Waals surface area contributed by atoms with E-state index in [2.05, 4.69) is 22.3 Å². The quantitative estimate of drug-likeness (QED) is 0.207. The molecule has 1 aromatic heterocycles. The standard InChI is InChI=1S/C31H24N4OS2/c1-2-25(30(36)35-23-17-9-11-19-26(23)37-27-20-12-10-18-24(27)35)38-31-32-28(21-13-5-3-6-14-21)29(33-34-31)22-15-7-4-8-16-22/h3-20,25H,2H2,1H3. The highest BCUT2D eigenvalue weighted by molar-refractivity contribution is 8.00. The second-order valence-corrected chi connectivity index (χ2v) is 11.0. The lowest BCUT2D eigenvalue weighted by atomic mass is 10.0. The minimum Gasteiger partial charge on any atom is -0.278 e. The fourth-order valence-corrected chi connectivity index (χ4v) is 6.39. The Balaban J connectivity index is 1.37. The van der Waals surface area contributed by atoms with Crippen molar-refractivity contribution in [2.45, 2.75) is 33.5 Å². The Morgan fingerprint density at radius 3 is 1.84 bits per heavy atom. The van der Waals surface area contributed by atoms with E-state index in [4.69, 9.17) is 4.98 Å². The highest BCUT2D eigenvalue weighted by Gasteiger charge is 2.33. The van der Waals surface area contributed by atoms with Gasteiger partial charge in [-0.3, -0.25) is 9.69 Å². The Morgan fingerprint density at radius 1 is 0.737 bits per heavy atom. The van der Waals surface area contributed by atoms with E-state index < -0.39 is 0 Å². The van der Waals surface area contributed by atoms with E-state index in [-0.39, 0.29) is 11.2 Å². The van der Waals surface area contributed by atoms with Crippen LogP contribution in [0.15, 0.2) is 124 Å². The molecule has 0 N–H and O–H groups in total. The maximum Gasteiger partial charge on any atom is 0.245 e. The molecule has 1 aliphatic heterocycles. The number of hydrogen-bond donors (Lipinski definition) is 0. The number of amides is 1. The van der Waals surface area contributed by atoms with E-state index in [0.29, 0.717) is 11.6 Å². The van der Waals surface area contributed by atoms with Crippen molar-refractivity contribution < 1.29 is 4.79 Å². The van der Waals surface area contributed by atoms with Crippen molar-refractivity contribution in [2.75, 3.05) is 4.90 Å². The third kappa shape index (κ3) is 4.71. The maximum absolute atomic E-state index is 14.1. The van der Waals surface area contributed by atoms with Crippen LogP contribution in [0.3, 0.4) is 0 Å². The van der Waals surface area contributed by atoms with Gasteiger partial charge >= 0.3 is 0 Å². The molecule has 0 radical (unpaired) electrons. The highest BCUT2D eigenvalue weighted by atomic mass is 32.2. The van der Waals surface area contributed by atoms with Crippen molar-refractivity contribution >= 4 is 40.8 Å². The zero-order valence-electron chi connectivity index (χ0n) is 20.7. The number of benzene rings is 4. The number of para-hydroxylation sites is 2. The van der Waals surface area contributed by atoms with Gasteiger partial charge in [-0.05, 0) is 30.7 Å². The summed E-state index contributed by atoms with van der Waals surface area (Å²) in [5, 5.41) is 9.17. The van der Waals surface area contributed by atoms with Crippen molar-refractivity contribution in [1.82, 2.24) is 15.2 Å². The molecular weight excluding hydrogens is 509 g/mol. The average Bonchev–Trinajstić information content (AvgIpc) is 2.99. The smallest absolute Gasteiger partial charge is 0.245 e. The van der Waals surface area contributed by atoms with E-state index in [1.165, 1.54) is 11.8 Å². The third-order valence-electron chi connectivity index (χ3n) is 6.31. The van der Waals surface area contributed by atoms with Gasteiger partial charge < -0.3 is 0 Å². The largest absolute Gasteiger partial charge is 0.278 e. The molecule has 186 valence electrons. The molecular formula is C31H24N4OS2. The monoisotopic (exact) mass is 532 g/mol. The molecule has 6 rings (SSSR count). The number of carbonyl (C=O) groups excluding carboxylic acids is 1. The fourth-order valence-electron chi connectivity index (χ4n) is 4.47. The molecule has 1 amide bonds. The first kappa shape index (κ1) is 24.4. The number of hydrogen-bond acceptors (Lipinski definition) is 6. The van der Waals surface area contributed by atoms with E-state index in [9.17, 15) is 4.79 Å². The number of nitrogens with zero attached hydrogens (tertiary/aromatic N) is 4. The van der Waals surface area contributed by atoms with Gasteiger partial charge in [0.1, 0.15) is 11.4 Å². The molecule has 5 nitrogen and oxygen atoms in total. The molecule has 2 heterocycles. The van der Waals surface area contributed by atoms with Crippen molar-refractivity contribution in [3.63, 3.8) is 0 Å². The topological polar surface area (TPSA) is 59.0 Å². The molecule has 4 aromatic carbocycles. The highest BCUT2D eigenvalue weighted by Crippen LogP contribution is 2.48. The van der Waals surface area contributed by atoms with Crippen molar-refractivity contribution in [3.8, 4) is 22.5 Å². The number of rotatable bonds is 6. The third-order valence-corrected chi connectivity index (χ3v) is 8.64. The van der Waals surface area contributed by atoms with Gasteiger partial charge in [0.2, 0.25) is 11.1 Å². The number of carbonyl (C=O) groups is 1. The molecule has 0 fully saturated rings. The average molecular weight is 533 g/mol. The molecule has 7 heteroatoms. The first-order valence-electron chi connectivity index (χ1n) is 12.4. The van der Waals surface area contributed by atoms with Crippen LogP contribution in [0.25, 0.3) is 22.5 Å². The van der Waals surface area contributed by atoms with Crippen molar-refractivity contribution in [3.05, 3.63) is 109 Å². The first-order valence-corrected chi connectivity index (χ1v) is 14.1. The van der Waals surface area contributed by atoms with Gasteiger partial charge in [-0.2, -0.15) is 0 Å². The summed E-state index contributed by atoms with van der Waals surface area (Å²) in [7, 11) is 0. The van der Waals surface area contributed by atoms with Crippen LogP contribution in [0.2, 0.25) is 0 Å². The summed E-state index contributed by atoms with van der Waals surface area (Å²) in [6.07, 6.45) is 0.627. The lowest BCUT2D eigenvalue weighted by Crippen LogP contribution is -2.35. The first-order chi connectivity index (χ1) is 18.7. The Labute approximate surface area is 230 Å². The Morgan fingerprint density at radius 2 is 1.26 bits per heavy atom. The van der Waals surface area contributed by atoms with Gasteiger partial charge in [-0.1, -0.05) is 115 Å². The van der Waals surface area contributed by atoms with E-state index in [1.54, 1.807) is 11.8 Å². The molecule has 1 aliphatic rings. The minimum atomic E-state index is -0.382. The molecule has 0 spiro atoms. The molecule has 0 aliphatic carbocycles. The summed E-state index contributed by atoms with van der Waals surface area (Å²) in [5.74, 6) is 0.00898. The fraction of sp³-hybridized carbons (Fsp3) is 0.0968. The van der Waals surface area contributed by atoms with Gasteiger partial charge in [-0.15, -0.1) is 10.2 Å². The second-order valence-electron chi connectivity index (χ2n) is 8.75. The van der Waals surface area contributed by atoms with Crippen LogP contribution < -0.4 is 4.90 Å². The number of thioether (sulfide) groups is 1. The van der Waals surface area contributed by atoms with Crippen LogP contribution in [0.4, 0.5) is 11.4 Å². The van der Waals surface area contributed by atoms with E-state index in [1.807, 2.05) is 109 Å². The Kier molecular flexibility index (Phi) is 6.94. The lowest BCUT2D eigenvalue weighted by Gasteiger charge is -2.33. The molecule has 5 aromatic rings. The molecule has 0 saturated carbocycles. The summed E-state index contributed by atoms with van der Waals surface area (Å²) in [5.41, 5.74) is 5.19. The lowest BCUT2D eigenvalue weighted by molar-refractivity contribution is -0.117. The molecule has 0 saturated heterocycles. The predicted molar refractivity (Wildman–Crippen MR) is 155 cm³/mol. The SMILES string of the molecule is CCC(Sc1nnc(-c2ccccc2)c(-c2ccccc2)n1)C(=O)N1c2ccccc2Sc2ccccc21. The summed E-state index contributed by atoms with van der Waals surface area (Å²) in [4.78, 5) is 23.0. The van der Waals surface area contributed by atoms with Crippen LogP contribution in [0, 0.1) is 0 Å². The summed E-state index contributed by atoms with van der Waals surface area (Å²) in [6.45, 7) is 2.02. The summed E-state index contributed by atoms with van der Waals surface area (Å²) < 4.78 is 0. The summed E-state index contributed by atoms with van der Waals surface area (Å²) >= 11 is 3.06. The minimum absolute atomic E-state index is 0.00898. The Bertz CT molecular complexity index is 1550. The number of anilines is 2. The van der Waals surface area contributed by atoms with Crippen LogP contribution in [0.5, 0.6) is 0 Å². The zero-order valence-corrected chi connectivity index (χ0v) is 22.3. The molecule has 38 heavy (non-hydrogen) atoms. The van der Waals surface area contributed by atoms with E-state index >= 15 is 0 Å². The van der Waals surface area contributed by atoms with Gasteiger partial charge in [-0.25, -0.2) is 4.98 Å². The van der Waals surface area contributed by atoms with Crippen LogP contribution >= 0.6 is 23.5 Å². The number of fused-ring (bicyclic) bond motifs is 2. The van der Waals surface area contributed by atoms with E-state index in [0.717, 1.165) is 43.7 Å². The van der Waals surface area contributed by atoms with Gasteiger partial charge in [0, 0.05) is 20.9 Å². The molecule has 1 unspecified atom stereocenters. The second kappa shape index (κ2) is 10.8. The van der Waals surface area contributed by atoms with Gasteiger partial charge in [0.15, 0.2) is 0 Å². The van der Waals surface area contributed by atoms with Crippen molar-refractivity contribution in [2.24, 2.45) is 0 Å². The van der Waals surface area contributed by atoms with Crippen LogP contribution in [-0.4, -0.2) is 26.3 Å². The van der Waals surface area contributed by atoms with Gasteiger partial charge in [0.05, 0.1) is 16.6 Å². The Hall–Kier alpha value is -3.94. The summed E-state index contributed by atoms with van der Waals surface area (Å²) in [6, 6.07) is 36.0. The van der Waals surface area contributed by atoms with Crippen LogP contribution in [0.1, 0.15) is 13.3 Å². The van der Waals surface area contributed by atoms with Crippen LogP contribution in [-0.2, 0) is 4.79 Å².